The van der Waals surface area contributed by atoms with Gasteiger partial charge in [0.15, 0.2) is 0 Å². The molecule has 0 aliphatic rings. The molecule has 1 N–H and O–H groups in total. The van der Waals surface area contributed by atoms with E-state index in [0.717, 1.165) is 11.3 Å². The summed E-state index contributed by atoms with van der Waals surface area (Å²) < 4.78 is 5.33. The summed E-state index contributed by atoms with van der Waals surface area (Å²) in [7, 11) is 0. The molecule has 100 valence electrons. The van der Waals surface area contributed by atoms with Gasteiger partial charge in [-0.25, -0.2) is 0 Å². The van der Waals surface area contributed by atoms with Crippen molar-refractivity contribution in [3.63, 3.8) is 0 Å². The second-order valence-electron chi connectivity index (χ2n) is 4.39. The van der Waals surface area contributed by atoms with Crippen LogP contribution in [-0.4, -0.2) is 5.91 Å². The SMILES string of the molecule is Cc1ccc(C=C(C#N)C(=O)Nc2ccccc2C)o1. The Labute approximate surface area is 117 Å². The first-order valence-corrected chi connectivity index (χ1v) is 6.15. The van der Waals surface area contributed by atoms with Crippen LogP contribution in [0.3, 0.4) is 0 Å². The van der Waals surface area contributed by atoms with Gasteiger partial charge >= 0.3 is 0 Å². The molecule has 0 fully saturated rings. The zero-order valence-corrected chi connectivity index (χ0v) is 11.3. The zero-order chi connectivity index (χ0) is 14.5. The lowest BCUT2D eigenvalue weighted by atomic mass is 10.2. The van der Waals surface area contributed by atoms with E-state index in [1.165, 1.54) is 6.08 Å². The number of rotatable bonds is 3. The van der Waals surface area contributed by atoms with E-state index in [4.69, 9.17) is 9.68 Å². The van der Waals surface area contributed by atoms with Crippen LogP contribution in [0.5, 0.6) is 0 Å². The summed E-state index contributed by atoms with van der Waals surface area (Å²) in [6, 6.07) is 12.8. The number of nitriles is 1. The number of amides is 1. The maximum atomic E-state index is 12.1. The minimum absolute atomic E-state index is 0.00241. The van der Waals surface area contributed by atoms with Gasteiger partial charge in [0, 0.05) is 11.8 Å². The van der Waals surface area contributed by atoms with Crippen LogP contribution in [0.15, 0.2) is 46.4 Å². The van der Waals surface area contributed by atoms with Gasteiger partial charge in [-0.1, -0.05) is 18.2 Å². The van der Waals surface area contributed by atoms with Crippen molar-refractivity contribution in [2.24, 2.45) is 0 Å². The third-order valence-electron chi connectivity index (χ3n) is 2.81. The Morgan fingerprint density at radius 3 is 2.60 bits per heavy atom. The smallest absolute Gasteiger partial charge is 0.266 e. The van der Waals surface area contributed by atoms with Crippen LogP contribution in [0.25, 0.3) is 6.08 Å². The molecule has 0 unspecified atom stereocenters. The monoisotopic (exact) mass is 266 g/mol. The molecule has 0 atom stereocenters. The third-order valence-corrected chi connectivity index (χ3v) is 2.81. The van der Waals surface area contributed by atoms with Crippen molar-refractivity contribution in [2.75, 3.05) is 5.32 Å². The topological polar surface area (TPSA) is 66.0 Å². The van der Waals surface area contributed by atoms with E-state index >= 15 is 0 Å². The highest BCUT2D eigenvalue weighted by atomic mass is 16.3. The highest BCUT2D eigenvalue weighted by molar-refractivity contribution is 6.09. The van der Waals surface area contributed by atoms with Crippen molar-refractivity contribution in [3.05, 3.63) is 59.1 Å². The molecule has 1 amide bonds. The van der Waals surface area contributed by atoms with E-state index in [1.54, 1.807) is 25.1 Å². The fourth-order valence-electron chi connectivity index (χ4n) is 1.72. The summed E-state index contributed by atoms with van der Waals surface area (Å²) >= 11 is 0. The summed E-state index contributed by atoms with van der Waals surface area (Å²) in [6.45, 7) is 3.69. The van der Waals surface area contributed by atoms with Gasteiger partial charge in [0.05, 0.1) is 0 Å². The molecule has 0 spiro atoms. The minimum atomic E-state index is -0.448. The fraction of sp³-hybridized carbons (Fsp3) is 0.125. The Kier molecular flexibility index (Phi) is 4.02. The first kappa shape index (κ1) is 13.6. The molecule has 2 aromatic rings. The average molecular weight is 266 g/mol. The highest BCUT2D eigenvalue weighted by Gasteiger charge is 2.11. The number of para-hydroxylation sites is 1. The second kappa shape index (κ2) is 5.89. The van der Waals surface area contributed by atoms with Crippen LogP contribution < -0.4 is 5.32 Å². The van der Waals surface area contributed by atoms with Gasteiger partial charge in [-0.15, -0.1) is 0 Å². The van der Waals surface area contributed by atoms with Crippen molar-refractivity contribution in [1.29, 1.82) is 5.26 Å². The molecule has 0 saturated carbocycles. The molecule has 1 aromatic carbocycles. The number of hydrogen-bond donors (Lipinski definition) is 1. The van der Waals surface area contributed by atoms with Gasteiger partial charge in [-0.05, 0) is 37.6 Å². The first-order valence-electron chi connectivity index (χ1n) is 6.15. The van der Waals surface area contributed by atoms with Crippen molar-refractivity contribution >= 4 is 17.7 Å². The number of anilines is 1. The predicted molar refractivity (Wildman–Crippen MR) is 76.8 cm³/mol. The van der Waals surface area contributed by atoms with Crippen LogP contribution in [0.4, 0.5) is 5.69 Å². The molecule has 2 rings (SSSR count). The number of nitrogens with one attached hydrogen (secondary N) is 1. The van der Waals surface area contributed by atoms with E-state index in [2.05, 4.69) is 5.32 Å². The minimum Gasteiger partial charge on any atom is -0.462 e. The van der Waals surface area contributed by atoms with Gasteiger partial charge in [0.1, 0.15) is 23.2 Å². The molecule has 0 aliphatic heterocycles. The Morgan fingerprint density at radius 2 is 2.00 bits per heavy atom. The van der Waals surface area contributed by atoms with Crippen molar-refractivity contribution < 1.29 is 9.21 Å². The molecular formula is C16H14N2O2. The maximum absolute atomic E-state index is 12.1. The molecule has 0 aliphatic carbocycles. The molecule has 0 saturated heterocycles. The normalized spacial score (nSPS) is 10.9. The van der Waals surface area contributed by atoms with E-state index < -0.39 is 5.91 Å². The molecule has 1 aromatic heterocycles. The lowest BCUT2D eigenvalue weighted by Crippen LogP contribution is -2.14. The Bertz CT molecular complexity index is 705. The summed E-state index contributed by atoms with van der Waals surface area (Å²) in [6.07, 6.45) is 1.43. The largest absolute Gasteiger partial charge is 0.462 e. The Balaban J connectivity index is 2.21. The molecule has 4 nitrogen and oxygen atoms in total. The molecule has 4 heteroatoms. The number of benzene rings is 1. The van der Waals surface area contributed by atoms with E-state index in [1.807, 2.05) is 31.2 Å². The standard InChI is InChI=1S/C16H14N2O2/c1-11-5-3-4-6-15(11)18-16(19)13(10-17)9-14-8-7-12(2)20-14/h3-9H,1-2H3,(H,18,19). The maximum Gasteiger partial charge on any atom is 0.266 e. The van der Waals surface area contributed by atoms with Gasteiger partial charge in [-0.2, -0.15) is 5.26 Å². The van der Waals surface area contributed by atoms with E-state index in [-0.39, 0.29) is 5.57 Å². The van der Waals surface area contributed by atoms with Crippen molar-refractivity contribution in [1.82, 2.24) is 0 Å². The van der Waals surface area contributed by atoms with E-state index in [0.29, 0.717) is 11.4 Å². The van der Waals surface area contributed by atoms with Crippen LogP contribution in [0, 0.1) is 25.2 Å². The first-order chi connectivity index (χ1) is 9.60. The summed E-state index contributed by atoms with van der Waals surface area (Å²) in [5.41, 5.74) is 1.63. The summed E-state index contributed by atoms with van der Waals surface area (Å²) in [5.74, 6) is 0.766. The second-order valence-corrected chi connectivity index (χ2v) is 4.39. The van der Waals surface area contributed by atoms with Crippen LogP contribution in [-0.2, 0) is 4.79 Å². The molecular weight excluding hydrogens is 252 g/mol. The van der Waals surface area contributed by atoms with Crippen molar-refractivity contribution in [2.45, 2.75) is 13.8 Å². The molecule has 1 heterocycles. The quantitative estimate of drug-likeness (QED) is 0.683. The zero-order valence-electron chi connectivity index (χ0n) is 11.3. The van der Waals surface area contributed by atoms with Crippen molar-refractivity contribution in [3.8, 4) is 6.07 Å². The number of carbonyl (C=O) groups is 1. The number of furan rings is 1. The highest BCUT2D eigenvalue weighted by Crippen LogP contribution is 2.16. The lowest BCUT2D eigenvalue weighted by molar-refractivity contribution is -0.112. The van der Waals surface area contributed by atoms with Crippen LogP contribution in [0.1, 0.15) is 17.1 Å². The lowest BCUT2D eigenvalue weighted by Gasteiger charge is -2.06. The van der Waals surface area contributed by atoms with Crippen LogP contribution in [0.2, 0.25) is 0 Å². The van der Waals surface area contributed by atoms with Gasteiger partial charge in [-0.3, -0.25) is 4.79 Å². The number of carbonyl (C=O) groups excluding carboxylic acids is 1. The Morgan fingerprint density at radius 1 is 1.25 bits per heavy atom. The molecule has 0 radical (unpaired) electrons. The predicted octanol–water partition coefficient (Wildman–Crippen LogP) is 3.44. The number of aryl methyl sites for hydroxylation is 2. The number of hydrogen-bond acceptors (Lipinski definition) is 3. The molecule has 0 bridgehead atoms. The third kappa shape index (κ3) is 3.15. The van der Waals surface area contributed by atoms with Gasteiger partial charge in [0.2, 0.25) is 0 Å². The number of nitrogens with zero attached hydrogens (tertiary/aromatic N) is 1. The average Bonchev–Trinajstić information content (AvgIpc) is 2.84. The van der Waals surface area contributed by atoms with Crippen LogP contribution >= 0.6 is 0 Å². The summed E-state index contributed by atoms with van der Waals surface area (Å²) in [5, 5.41) is 11.8. The fourth-order valence-corrected chi connectivity index (χ4v) is 1.72. The van der Waals surface area contributed by atoms with Gasteiger partial charge in [0.25, 0.3) is 5.91 Å². The molecule has 20 heavy (non-hydrogen) atoms. The van der Waals surface area contributed by atoms with Gasteiger partial charge < -0.3 is 9.73 Å². The van der Waals surface area contributed by atoms with E-state index in [9.17, 15) is 4.79 Å². The summed E-state index contributed by atoms with van der Waals surface area (Å²) in [4.78, 5) is 12.1. The Hall–Kier alpha value is -2.80.